The minimum absolute atomic E-state index is 0.375. The first-order valence-corrected chi connectivity index (χ1v) is 13.4. The van der Waals surface area contributed by atoms with Crippen LogP contribution in [0.5, 0.6) is 0 Å². The summed E-state index contributed by atoms with van der Waals surface area (Å²) in [6, 6.07) is 0. The summed E-state index contributed by atoms with van der Waals surface area (Å²) < 4.78 is 53.1. The van der Waals surface area contributed by atoms with Gasteiger partial charge in [0.1, 0.15) is 20.4 Å². The third kappa shape index (κ3) is 28.1. The molecule has 6 saturated heterocycles. The van der Waals surface area contributed by atoms with E-state index < -0.39 is 0 Å². The molecule has 216 valence electrons. The number of hydrogen-bond acceptors (Lipinski definition) is 11. The van der Waals surface area contributed by atoms with Crippen LogP contribution >= 0.6 is 0 Å². The highest BCUT2D eigenvalue weighted by atomic mass is 16.8. The number of hydrogen-bond donors (Lipinski definition) is 0. The Balaban J connectivity index is 0.000000216. The van der Waals surface area contributed by atoms with Crippen LogP contribution in [0.15, 0.2) is 0 Å². The van der Waals surface area contributed by atoms with Crippen LogP contribution in [0.25, 0.3) is 0 Å². The van der Waals surface area contributed by atoms with Crippen LogP contribution in [-0.2, 0) is 52.1 Å². The highest BCUT2D eigenvalue weighted by Crippen LogP contribution is 2.02. The van der Waals surface area contributed by atoms with Gasteiger partial charge in [-0.3, -0.25) is 0 Å². The molecule has 0 saturated carbocycles. The molecule has 0 aliphatic carbocycles. The molecule has 0 bridgehead atoms. The van der Waals surface area contributed by atoms with Crippen molar-refractivity contribution in [2.75, 3.05) is 107 Å². The predicted octanol–water partition coefficient (Wildman–Crippen LogP) is 3.44. The lowest BCUT2D eigenvalue weighted by molar-refractivity contribution is -0.247. The summed E-state index contributed by atoms with van der Waals surface area (Å²) >= 11 is 0. The summed E-state index contributed by atoms with van der Waals surface area (Å²) in [4.78, 5) is 0. The van der Waals surface area contributed by atoms with E-state index in [1.54, 1.807) is 0 Å². The molecule has 36 heavy (non-hydrogen) atoms. The minimum atomic E-state index is 0.375. The topological polar surface area (TPSA) is 102 Å². The Hall–Kier alpha value is -0.440. The highest BCUT2D eigenvalue weighted by Gasteiger charge is 1.97. The average molecular weight is 527 g/mol. The lowest BCUT2D eigenvalue weighted by Crippen LogP contribution is -2.14. The fourth-order valence-electron chi connectivity index (χ4n) is 2.97. The molecule has 6 rings (SSSR count). The molecule has 0 spiro atoms. The zero-order valence-corrected chi connectivity index (χ0v) is 22.2. The van der Waals surface area contributed by atoms with E-state index in [1.165, 1.54) is 38.5 Å². The van der Waals surface area contributed by atoms with Gasteiger partial charge in [-0.25, -0.2) is 0 Å². The maximum atomic E-state index is 5.07. The monoisotopic (exact) mass is 526 g/mol. The summed E-state index contributed by atoms with van der Waals surface area (Å²) in [5.41, 5.74) is 0. The maximum Gasteiger partial charge on any atom is 0.152 e. The Morgan fingerprint density at radius 1 is 0.167 bits per heavy atom. The van der Waals surface area contributed by atoms with Crippen LogP contribution in [0, 0.1) is 0 Å². The Bertz CT molecular complexity index is 218. The molecule has 0 aromatic rings. The molecular weight excluding hydrogens is 476 g/mol. The van der Waals surface area contributed by atoms with E-state index in [9.17, 15) is 0 Å². The first-order chi connectivity index (χ1) is 18.0. The van der Waals surface area contributed by atoms with E-state index in [0.717, 1.165) is 85.3 Å². The van der Waals surface area contributed by atoms with Gasteiger partial charge in [-0.2, -0.15) is 0 Å². The molecule has 0 aromatic carbocycles. The van der Waals surface area contributed by atoms with Crippen molar-refractivity contribution in [1.82, 2.24) is 0 Å². The molecule has 0 aromatic heterocycles. The standard InChI is InChI=1S/2C5H10O.3C4H8O2.C3H6O3/c2*1-2-4-6-5-3-1;3*1-2-5-4-6-3-1;1-4-2-6-3-5-1/h2*1-5H2;3*1-4H2;1-3H2. The summed E-state index contributed by atoms with van der Waals surface area (Å²) in [5, 5.41) is 0. The fourth-order valence-corrected chi connectivity index (χ4v) is 2.97. The van der Waals surface area contributed by atoms with Crippen LogP contribution in [0.1, 0.15) is 57.8 Å². The van der Waals surface area contributed by atoms with Crippen LogP contribution < -0.4 is 0 Å². The van der Waals surface area contributed by atoms with Crippen LogP contribution in [0.4, 0.5) is 0 Å². The second-order valence-corrected chi connectivity index (χ2v) is 8.18. The maximum absolute atomic E-state index is 5.07. The Morgan fingerprint density at radius 3 is 0.472 bits per heavy atom. The lowest BCUT2D eigenvalue weighted by atomic mass is 10.2. The molecule has 0 atom stereocenters. The van der Waals surface area contributed by atoms with Gasteiger partial charge in [0.2, 0.25) is 0 Å². The summed E-state index contributed by atoms with van der Waals surface area (Å²) in [6.45, 7) is 11.9. The summed E-state index contributed by atoms with van der Waals surface area (Å²) in [6.07, 6.45) is 11.0. The minimum Gasteiger partial charge on any atom is -0.381 e. The Labute approximate surface area is 217 Å². The average Bonchev–Trinajstić information content (AvgIpc) is 3.04. The van der Waals surface area contributed by atoms with Crippen LogP contribution in [0.3, 0.4) is 0 Å². The van der Waals surface area contributed by atoms with Gasteiger partial charge < -0.3 is 52.1 Å². The van der Waals surface area contributed by atoms with Crippen molar-refractivity contribution in [2.24, 2.45) is 0 Å². The third-order valence-electron chi connectivity index (χ3n) is 4.89. The largest absolute Gasteiger partial charge is 0.381 e. The molecule has 0 unspecified atom stereocenters. The SMILES string of the molecule is C1CCOCC1.C1CCOCC1.C1COCOC1.C1COCOC1.C1COCOC1.C1OCOCO1. The van der Waals surface area contributed by atoms with Crippen molar-refractivity contribution in [3.05, 3.63) is 0 Å². The van der Waals surface area contributed by atoms with E-state index in [1.807, 2.05) is 0 Å². The molecule has 11 nitrogen and oxygen atoms in total. The van der Waals surface area contributed by atoms with Gasteiger partial charge in [0.25, 0.3) is 0 Å². The Kier molecular flexibility index (Phi) is 28.7. The predicted molar refractivity (Wildman–Crippen MR) is 131 cm³/mol. The molecule has 6 heterocycles. The first kappa shape index (κ1) is 33.6. The second-order valence-electron chi connectivity index (χ2n) is 8.18. The molecule has 0 amide bonds. The summed E-state index contributed by atoms with van der Waals surface area (Å²) in [7, 11) is 0. The van der Waals surface area contributed by atoms with Crippen molar-refractivity contribution in [2.45, 2.75) is 57.8 Å². The molecule has 11 heteroatoms. The third-order valence-corrected chi connectivity index (χ3v) is 4.89. The molecule has 0 radical (unpaired) electrons. The van der Waals surface area contributed by atoms with E-state index in [0.29, 0.717) is 40.8 Å². The molecular formula is C25H50O11. The zero-order valence-electron chi connectivity index (χ0n) is 22.2. The van der Waals surface area contributed by atoms with Crippen molar-refractivity contribution >= 4 is 0 Å². The lowest BCUT2D eigenvalue weighted by Gasteiger charge is -2.10. The fraction of sp³-hybridized carbons (Fsp3) is 1.00. The molecule has 6 aliphatic rings. The molecule has 6 aliphatic heterocycles. The normalized spacial score (nSPS) is 24.0. The Morgan fingerprint density at radius 2 is 0.389 bits per heavy atom. The first-order valence-electron chi connectivity index (χ1n) is 13.4. The van der Waals surface area contributed by atoms with E-state index in [-0.39, 0.29) is 0 Å². The number of ether oxygens (including phenoxy) is 11. The van der Waals surface area contributed by atoms with E-state index in [2.05, 4.69) is 14.2 Å². The second kappa shape index (κ2) is 30.8. The van der Waals surface area contributed by atoms with Crippen molar-refractivity contribution in [1.29, 1.82) is 0 Å². The zero-order chi connectivity index (χ0) is 25.5. The van der Waals surface area contributed by atoms with Gasteiger partial charge in [0.05, 0.1) is 39.6 Å². The van der Waals surface area contributed by atoms with Gasteiger partial charge in [-0.15, -0.1) is 0 Å². The van der Waals surface area contributed by atoms with Crippen molar-refractivity contribution in [3.8, 4) is 0 Å². The van der Waals surface area contributed by atoms with Gasteiger partial charge in [-0.05, 0) is 57.8 Å². The smallest absolute Gasteiger partial charge is 0.152 e. The van der Waals surface area contributed by atoms with Crippen LogP contribution in [-0.4, -0.2) is 107 Å². The van der Waals surface area contributed by atoms with Crippen LogP contribution in [0.2, 0.25) is 0 Å². The number of rotatable bonds is 0. The van der Waals surface area contributed by atoms with E-state index >= 15 is 0 Å². The quantitative estimate of drug-likeness (QED) is 0.464. The van der Waals surface area contributed by atoms with Gasteiger partial charge in [0, 0.05) is 26.4 Å². The van der Waals surface area contributed by atoms with E-state index in [4.69, 9.17) is 37.9 Å². The highest BCUT2D eigenvalue weighted by molar-refractivity contribution is 4.46. The van der Waals surface area contributed by atoms with Gasteiger partial charge >= 0.3 is 0 Å². The molecule has 6 fully saturated rings. The van der Waals surface area contributed by atoms with Gasteiger partial charge in [-0.1, -0.05) is 0 Å². The summed E-state index contributed by atoms with van der Waals surface area (Å²) in [5.74, 6) is 0. The van der Waals surface area contributed by atoms with Crippen molar-refractivity contribution in [3.63, 3.8) is 0 Å². The van der Waals surface area contributed by atoms with Crippen molar-refractivity contribution < 1.29 is 52.1 Å². The molecule has 0 N–H and O–H groups in total. The van der Waals surface area contributed by atoms with Gasteiger partial charge in [0.15, 0.2) is 20.4 Å².